The van der Waals surface area contributed by atoms with Crippen LogP contribution in [0.25, 0.3) is 0 Å². The van der Waals surface area contributed by atoms with Crippen LogP contribution in [0.2, 0.25) is 0 Å². The summed E-state index contributed by atoms with van der Waals surface area (Å²) in [4.78, 5) is 15.9. The van der Waals surface area contributed by atoms with Crippen molar-refractivity contribution in [3.63, 3.8) is 0 Å². The van der Waals surface area contributed by atoms with Crippen molar-refractivity contribution in [3.05, 3.63) is 65.4 Å². The Bertz CT molecular complexity index is 923. The van der Waals surface area contributed by atoms with Crippen molar-refractivity contribution in [1.29, 1.82) is 0 Å². The highest BCUT2D eigenvalue weighted by Gasteiger charge is 2.05. The summed E-state index contributed by atoms with van der Waals surface area (Å²) in [6.45, 7) is 5.67. The second-order valence-corrected chi connectivity index (χ2v) is 5.85. The van der Waals surface area contributed by atoms with E-state index >= 15 is 0 Å². The number of aryl methyl sites for hydroxylation is 2. The predicted molar refractivity (Wildman–Crippen MR) is 98.8 cm³/mol. The van der Waals surface area contributed by atoms with E-state index in [1.54, 1.807) is 18.3 Å². The number of aromatic nitrogens is 3. The molecule has 0 saturated carbocycles. The van der Waals surface area contributed by atoms with Gasteiger partial charge in [0, 0.05) is 16.9 Å². The van der Waals surface area contributed by atoms with Gasteiger partial charge in [0.1, 0.15) is 0 Å². The molecule has 6 heteroatoms. The minimum Gasteiger partial charge on any atom is -0.339 e. The summed E-state index contributed by atoms with van der Waals surface area (Å²) in [5.74, 6) is 0.950. The molecular weight excluding hydrogens is 314 g/mol. The molecule has 2 N–H and O–H groups in total. The molecule has 126 valence electrons. The zero-order chi connectivity index (χ0) is 17.8. The van der Waals surface area contributed by atoms with Crippen molar-refractivity contribution in [2.24, 2.45) is 0 Å². The van der Waals surface area contributed by atoms with E-state index < -0.39 is 0 Å². The maximum atomic E-state index is 11.5. The molecule has 0 bridgehead atoms. The monoisotopic (exact) mass is 333 g/mol. The van der Waals surface area contributed by atoms with E-state index in [4.69, 9.17) is 0 Å². The van der Waals surface area contributed by atoms with Crippen LogP contribution in [-0.4, -0.2) is 21.0 Å². The SMILES string of the molecule is CC(=O)c1cccc(Nc2nncc(Nc3ccc(C)c(C)c3)n2)c1. The third-order valence-electron chi connectivity index (χ3n) is 3.86. The molecule has 0 saturated heterocycles. The summed E-state index contributed by atoms with van der Waals surface area (Å²) in [5.41, 5.74) is 4.74. The van der Waals surface area contributed by atoms with Crippen LogP contribution < -0.4 is 10.6 Å². The first-order valence-electron chi connectivity index (χ1n) is 7.93. The largest absolute Gasteiger partial charge is 0.339 e. The van der Waals surface area contributed by atoms with E-state index in [9.17, 15) is 4.79 Å². The van der Waals surface area contributed by atoms with Gasteiger partial charge in [0.25, 0.3) is 0 Å². The highest BCUT2D eigenvalue weighted by atomic mass is 16.1. The lowest BCUT2D eigenvalue weighted by atomic mass is 10.1. The van der Waals surface area contributed by atoms with E-state index in [1.807, 2.05) is 18.2 Å². The quantitative estimate of drug-likeness (QED) is 0.682. The summed E-state index contributed by atoms with van der Waals surface area (Å²) in [7, 11) is 0. The first-order valence-corrected chi connectivity index (χ1v) is 7.93. The van der Waals surface area contributed by atoms with Crippen LogP contribution in [0.4, 0.5) is 23.1 Å². The molecule has 6 nitrogen and oxygen atoms in total. The third-order valence-corrected chi connectivity index (χ3v) is 3.86. The zero-order valence-corrected chi connectivity index (χ0v) is 14.4. The molecule has 3 rings (SSSR count). The van der Waals surface area contributed by atoms with Crippen LogP contribution in [0.15, 0.2) is 48.7 Å². The second kappa shape index (κ2) is 7.09. The van der Waals surface area contributed by atoms with Crippen molar-refractivity contribution in [2.45, 2.75) is 20.8 Å². The number of Topliss-reactive ketones (excluding diaryl/α,β-unsaturated/α-hetero) is 1. The first kappa shape index (κ1) is 16.6. The number of hydrogen-bond acceptors (Lipinski definition) is 6. The van der Waals surface area contributed by atoms with Crippen LogP contribution in [-0.2, 0) is 0 Å². The maximum absolute atomic E-state index is 11.5. The fraction of sp³-hybridized carbons (Fsp3) is 0.158. The van der Waals surface area contributed by atoms with Gasteiger partial charge in [-0.15, -0.1) is 5.10 Å². The lowest BCUT2D eigenvalue weighted by molar-refractivity contribution is 0.101. The Kier molecular flexibility index (Phi) is 4.70. The van der Waals surface area contributed by atoms with E-state index in [-0.39, 0.29) is 5.78 Å². The molecule has 0 spiro atoms. The van der Waals surface area contributed by atoms with Crippen molar-refractivity contribution in [2.75, 3.05) is 10.6 Å². The fourth-order valence-corrected chi connectivity index (χ4v) is 2.33. The Balaban J connectivity index is 1.78. The van der Waals surface area contributed by atoms with Gasteiger partial charge in [0.05, 0.1) is 6.20 Å². The molecule has 0 aliphatic carbocycles. The van der Waals surface area contributed by atoms with Crippen molar-refractivity contribution < 1.29 is 4.79 Å². The minimum absolute atomic E-state index is 0.00727. The molecule has 0 unspecified atom stereocenters. The van der Waals surface area contributed by atoms with Gasteiger partial charge < -0.3 is 10.6 Å². The molecule has 0 radical (unpaired) electrons. The van der Waals surface area contributed by atoms with Crippen LogP contribution in [0.3, 0.4) is 0 Å². The second-order valence-electron chi connectivity index (χ2n) is 5.85. The summed E-state index contributed by atoms with van der Waals surface area (Å²) in [5, 5.41) is 14.2. The lowest BCUT2D eigenvalue weighted by Gasteiger charge is -2.09. The van der Waals surface area contributed by atoms with Crippen molar-refractivity contribution >= 4 is 28.9 Å². The first-order chi connectivity index (χ1) is 12.0. The molecule has 0 aliphatic heterocycles. The Labute approximate surface area is 146 Å². The maximum Gasteiger partial charge on any atom is 0.249 e. The summed E-state index contributed by atoms with van der Waals surface area (Å²) in [6.07, 6.45) is 1.56. The normalized spacial score (nSPS) is 10.4. The molecule has 0 atom stereocenters. The molecule has 0 fully saturated rings. The molecular formula is C19H19N5O. The summed E-state index contributed by atoms with van der Waals surface area (Å²) < 4.78 is 0. The lowest BCUT2D eigenvalue weighted by Crippen LogP contribution is -2.03. The smallest absolute Gasteiger partial charge is 0.249 e. The number of anilines is 4. The Morgan fingerprint density at radius 1 is 0.960 bits per heavy atom. The number of carbonyl (C=O) groups excluding carboxylic acids is 1. The van der Waals surface area contributed by atoms with Gasteiger partial charge in [-0.05, 0) is 56.2 Å². The number of carbonyl (C=O) groups is 1. The van der Waals surface area contributed by atoms with Gasteiger partial charge in [-0.1, -0.05) is 18.2 Å². The van der Waals surface area contributed by atoms with E-state index in [1.165, 1.54) is 18.1 Å². The molecule has 0 amide bonds. The van der Waals surface area contributed by atoms with Gasteiger partial charge in [-0.3, -0.25) is 4.79 Å². The molecule has 1 aromatic heterocycles. The predicted octanol–water partition coefficient (Wildman–Crippen LogP) is 4.18. The average Bonchev–Trinajstić information content (AvgIpc) is 2.59. The average molecular weight is 333 g/mol. The molecule has 25 heavy (non-hydrogen) atoms. The van der Waals surface area contributed by atoms with Gasteiger partial charge in [0.15, 0.2) is 11.6 Å². The van der Waals surface area contributed by atoms with Crippen molar-refractivity contribution in [3.8, 4) is 0 Å². The van der Waals surface area contributed by atoms with Gasteiger partial charge in [-0.25, -0.2) is 0 Å². The number of nitrogens with zero attached hydrogens (tertiary/aromatic N) is 3. The number of rotatable bonds is 5. The molecule has 0 aliphatic rings. The number of nitrogens with one attached hydrogen (secondary N) is 2. The number of benzene rings is 2. The Morgan fingerprint density at radius 3 is 2.52 bits per heavy atom. The van der Waals surface area contributed by atoms with E-state index in [0.717, 1.165) is 11.4 Å². The van der Waals surface area contributed by atoms with E-state index in [2.05, 4.69) is 51.8 Å². The number of hydrogen-bond donors (Lipinski definition) is 2. The topological polar surface area (TPSA) is 79.8 Å². The van der Waals surface area contributed by atoms with Crippen LogP contribution in [0, 0.1) is 13.8 Å². The standard InChI is InChI=1S/C19H19N5O/c1-12-7-8-17(9-13(12)2)21-18-11-20-24-19(23-18)22-16-6-4-5-15(10-16)14(3)25/h4-11H,1-3H3,(H2,21,22,23,24). The van der Waals surface area contributed by atoms with E-state index in [0.29, 0.717) is 17.3 Å². The third kappa shape index (κ3) is 4.17. The zero-order valence-electron chi connectivity index (χ0n) is 14.4. The Morgan fingerprint density at radius 2 is 1.76 bits per heavy atom. The molecule has 2 aromatic carbocycles. The van der Waals surface area contributed by atoms with Crippen LogP contribution in [0.1, 0.15) is 28.4 Å². The fourth-order valence-electron chi connectivity index (χ4n) is 2.33. The van der Waals surface area contributed by atoms with Gasteiger partial charge in [0.2, 0.25) is 5.95 Å². The summed E-state index contributed by atoms with van der Waals surface area (Å²) >= 11 is 0. The highest BCUT2D eigenvalue weighted by molar-refractivity contribution is 5.95. The van der Waals surface area contributed by atoms with Crippen LogP contribution >= 0.6 is 0 Å². The van der Waals surface area contributed by atoms with Gasteiger partial charge >= 0.3 is 0 Å². The van der Waals surface area contributed by atoms with Crippen molar-refractivity contribution in [1.82, 2.24) is 15.2 Å². The molecule has 1 heterocycles. The van der Waals surface area contributed by atoms with Gasteiger partial charge in [-0.2, -0.15) is 10.1 Å². The highest BCUT2D eigenvalue weighted by Crippen LogP contribution is 2.20. The minimum atomic E-state index is 0.00727. The number of ketones is 1. The summed E-state index contributed by atoms with van der Waals surface area (Å²) in [6, 6.07) is 13.3. The Hall–Kier alpha value is -3.28. The van der Waals surface area contributed by atoms with Crippen LogP contribution in [0.5, 0.6) is 0 Å². The molecule has 3 aromatic rings.